The Morgan fingerprint density at radius 2 is 1.74 bits per heavy atom. The lowest BCUT2D eigenvalue weighted by Crippen LogP contribution is -2.32. The minimum Gasteiger partial charge on any atom is -0.497 e. The number of methoxy groups -OCH3 is 1. The third kappa shape index (κ3) is 4.56. The van der Waals surface area contributed by atoms with Crippen molar-refractivity contribution in [2.45, 2.75) is 33.2 Å². The standard InChI is InChI=1S/C29H29NO5/c1-4-5-14-33-24-12-8-22(9-13-24)30-17-21-15-26-25(20-6-10-23(32-3)11-7-20)16-27(31)35-29(26)19(2)28(21)34-18-30/h6-13,15-16H,4-5,14,17-18H2,1-3H3. The topological polar surface area (TPSA) is 61.1 Å². The van der Waals surface area contributed by atoms with Gasteiger partial charge in [-0.1, -0.05) is 25.5 Å². The number of anilines is 1. The van der Waals surface area contributed by atoms with Crippen molar-refractivity contribution in [3.05, 3.63) is 82.2 Å². The third-order valence-electron chi connectivity index (χ3n) is 6.39. The first kappa shape index (κ1) is 22.8. The van der Waals surface area contributed by atoms with Crippen molar-refractivity contribution >= 4 is 16.7 Å². The third-order valence-corrected chi connectivity index (χ3v) is 6.39. The number of aryl methyl sites for hydroxylation is 1. The molecule has 35 heavy (non-hydrogen) atoms. The van der Waals surface area contributed by atoms with Crippen molar-refractivity contribution in [2.75, 3.05) is 25.3 Å². The summed E-state index contributed by atoms with van der Waals surface area (Å²) in [7, 11) is 1.63. The Kier molecular flexibility index (Phi) is 6.36. The Morgan fingerprint density at radius 3 is 2.46 bits per heavy atom. The molecule has 0 atom stereocenters. The molecular formula is C29H29NO5. The van der Waals surface area contributed by atoms with Crippen LogP contribution >= 0.6 is 0 Å². The van der Waals surface area contributed by atoms with Gasteiger partial charge in [0.2, 0.25) is 0 Å². The molecule has 1 aliphatic heterocycles. The van der Waals surface area contributed by atoms with E-state index in [2.05, 4.69) is 30.0 Å². The smallest absolute Gasteiger partial charge is 0.336 e. The molecule has 0 saturated carbocycles. The Morgan fingerprint density at radius 1 is 1.00 bits per heavy atom. The summed E-state index contributed by atoms with van der Waals surface area (Å²) in [6, 6.07) is 19.4. The first-order valence-corrected chi connectivity index (χ1v) is 11.9. The van der Waals surface area contributed by atoms with Crippen LogP contribution in [0.1, 0.15) is 30.9 Å². The summed E-state index contributed by atoms with van der Waals surface area (Å²) in [5, 5.41) is 0.885. The fraction of sp³-hybridized carbons (Fsp3) is 0.276. The van der Waals surface area contributed by atoms with E-state index in [-0.39, 0.29) is 5.63 Å². The molecule has 6 heteroatoms. The summed E-state index contributed by atoms with van der Waals surface area (Å²) in [6.07, 6.45) is 2.16. The molecule has 0 radical (unpaired) electrons. The molecule has 0 amide bonds. The number of rotatable bonds is 7. The van der Waals surface area contributed by atoms with Gasteiger partial charge >= 0.3 is 5.63 Å². The zero-order valence-electron chi connectivity index (χ0n) is 20.3. The Bertz CT molecular complexity index is 1390. The average molecular weight is 472 g/mol. The van der Waals surface area contributed by atoms with Crippen LogP contribution in [0.4, 0.5) is 5.69 Å². The maximum atomic E-state index is 12.4. The van der Waals surface area contributed by atoms with Gasteiger partial charge in [0.15, 0.2) is 6.73 Å². The highest BCUT2D eigenvalue weighted by atomic mass is 16.5. The Hall–Kier alpha value is -3.93. The Balaban J connectivity index is 1.49. The van der Waals surface area contributed by atoms with Crippen LogP contribution in [0.5, 0.6) is 17.2 Å². The molecule has 180 valence electrons. The molecule has 4 aromatic rings. The summed E-state index contributed by atoms with van der Waals surface area (Å²) in [4.78, 5) is 14.6. The van der Waals surface area contributed by atoms with E-state index in [1.165, 1.54) is 0 Å². The molecule has 1 aliphatic rings. The second kappa shape index (κ2) is 9.74. The number of nitrogens with zero attached hydrogens (tertiary/aromatic N) is 1. The first-order chi connectivity index (χ1) is 17.1. The molecule has 0 spiro atoms. The predicted molar refractivity (Wildman–Crippen MR) is 138 cm³/mol. The molecule has 5 rings (SSSR count). The van der Waals surface area contributed by atoms with E-state index in [0.29, 0.717) is 18.9 Å². The van der Waals surface area contributed by atoms with Crippen molar-refractivity contribution in [1.29, 1.82) is 0 Å². The van der Waals surface area contributed by atoms with E-state index in [0.717, 1.165) is 70.0 Å². The van der Waals surface area contributed by atoms with Crippen molar-refractivity contribution in [1.82, 2.24) is 0 Å². The second-order valence-electron chi connectivity index (χ2n) is 8.74. The fourth-order valence-electron chi connectivity index (χ4n) is 4.48. The van der Waals surface area contributed by atoms with E-state index >= 15 is 0 Å². The molecule has 0 saturated heterocycles. The molecule has 0 fully saturated rings. The summed E-state index contributed by atoms with van der Waals surface area (Å²) in [5.41, 5.74) is 4.88. The molecule has 6 nitrogen and oxygen atoms in total. The van der Waals surface area contributed by atoms with Crippen molar-refractivity contribution in [3.8, 4) is 28.4 Å². The van der Waals surface area contributed by atoms with Gasteiger partial charge in [0.05, 0.1) is 13.7 Å². The van der Waals surface area contributed by atoms with Gasteiger partial charge in [0.25, 0.3) is 0 Å². The maximum Gasteiger partial charge on any atom is 0.336 e. The molecule has 0 aliphatic carbocycles. The van der Waals surface area contributed by atoms with Crippen LogP contribution in [0, 0.1) is 6.92 Å². The normalized spacial score (nSPS) is 12.8. The van der Waals surface area contributed by atoms with Crippen LogP contribution in [0.25, 0.3) is 22.1 Å². The lowest BCUT2D eigenvalue weighted by atomic mass is 9.96. The highest BCUT2D eigenvalue weighted by molar-refractivity contribution is 5.96. The minimum atomic E-state index is -0.384. The quantitative estimate of drug-likeness (QED) is 0.232. The number of ether oxygens (including phenoxy) is 3. The van der Waals surface area contributed by atoms with Gasteiger partial charge in [-0.15, -0.1) is 0 Å². The van der Waals surface area contributed by atoms with E-state index in [1.54, 1.807) is 13.2 Å². The molecule has 0 N–H and O–H groups in total. The van der Waals surface area contributed by atoms with Crippen LogP contribution < -0.4 is 24.7 Å². The lowest BCUT2D eigenvalue weighted by Gasteiger charge is -2.32. The minimum absolute atomic E-state index is 0.384. The number of hydrogen-bond donors (Lipinski definition) is 0. The van der Waals surface area contributed by atoms with Gasteiger partial charge in [-0.3, -0.25) is 0 Å². The van der Waals surface area contributed by atoms with Gasteiger partial charge in [0.1, 0.15) is 22.8 Å². The van der Waals surface area contributed by atoms with E-state index in [9.17, 15) is 4.79 Å². The average Bonchev–Trinajstić information content (AvgIpc) is 2.89. The van der Waals surface area contributed by atoms with Gasteiger partial charge in [-0.25, -0.2) is 4.79 Å². The summed E-state index contributed by atoms with van der Waals surface area (Å²) in [5.74, 6) is 2.42. The first-order valence-electron chi connectivity index (χ1n) is 11.9. The number of hydrogen-bond acceptors (Lipinski definition) is 6. The largest absolute Gasteiger partial charge is 0.497 e. The van der Waals surface area contributed by atoms with Crippen molar-refractivity contribution < 1.29 is 18.6 Å². The SMILES string of the molecule is CCCCOc1ccc(N2COc3c(cc4c(-c5ccc(OC)cc5)cc(=O)oc4c3C)C2)cc1. The summed E-state index contributed by atoms with van der Waals surface area (Å²) < 4.78 is 22.9. The molecular weight excluding hydrogens is 442 g/mol. The molecule has 1 aromatic heterocycles. The van der Waals surface area contributed by atoms with Crippen molar-refractivity contribution in [3.63, 3.8) is 0 Å². The van der Waals surface area contributed by atoms with E-state index in [1.807, 2.05) is 43.3 Å². The van der Waals surface area contributed by atoms with Crippen molar-refractivity contribution in [2.24, 2.45) is 0 Å². The van der Waals surface area contributed by atoms with E-state index in [4.69, 9.17) is 18.6 Å². The summed E-state index contributed by atoms with van der Waals surface area (Å²) >= 11 is 0. The predicted octanol–water partition coefficient (Wildman–Crippen LogP) is 6.31. The van der Waals surface area contributed by atoms with Crippen LogP contribution in [0.3, 0.4) is 0 Å². The molecule has 3 aromatic carbocycles. The highest BCUT2D eigenvalue weighted by Gasteiger charge is 2.24. The maximum absolute atomic E-state index is 12.4. The second-order valence-corrected chi connectivity index (χ2v) is 8.74. The highest BCUT2D eigenvalue weighted by Crippen LogP contribution is 2.39. The lowest BCUT2D eigenvalue weighted by molar-refractivity contribution is 0.287. The monoisotopic (exact) mass is 471 g/mol. The molecule has 0 unspecified atom stereocenters. The van der Waals surface area contributed by atoms with Crippen LogP contribution in [-0.4, -0.2) is 20.4 Å². The number of fused-ring (bicyclic) bond motifs is 2. The number of unbranched alkanes of at least 4 members (excludes halogenated alkanes) is 1. The zero-order valence-corrected chi connectivity index (χ0v) is 20.3. The van der Waals surface area contributed by atoms with Crippen LogP contribution in [0.15, 0.2) is 69.9 Å². The van der Waals surface area contributed by atoms with Gasteiger partial charge in [0, 0.05) is 34.8 Å². The zero-order chi connectivity index (χ0) is 24.4. The Labute approximate surface area is 204 Å². The van der Waals surface area contributed by atoms with E-state index < -0.39 is 0 Å². The molecule has 2 heterocycles. The summed E-state index contributed by atoms with van der Waals surface area (Å²) in [6.45, 7) is 5.93. The fourth-order valence-corrected chi connectivity index (χ4v) is 4.48. The van der Waals surface area contributed by atoms with Gasteiger partial charge in [-0.05, 0) is 66.9 Å². The molecule has 0 bridgehead atoms. The van der Waals surface area contributed by atoms with Gasteiger partial charge in [-0.2, -0.15) is 0 Å². The number of benzene rings is 3. The van der Waals surface area contributed by atoms with Crippen LogP contribution in [0.2, 0.25) is 0 Å². The van der Waals surface area contributed by atoms with Gasteiger partial charge < -0.3 is 23.5 Å². The van der Waals surface area contributed by atoms with Crippen LogP contribution in [-0.2, 0) is 6.54 Å².